The van der Waals surface area contributed by atoms with E-state index in [1.807, 2.05) is 30.3 Å². The Morgan fingerprint density at radius 3 is 2.59 bits per heavy atom. The second kappa shape index (κ2) is 8.14. The molecule has 22 heavy (non-hydrogen) atoms. The number of benzene rings is 2. The smallest absolute Gasteiger partial charge is 0.243 e. The van der Waals surface area contributed by atoms with Gasteiger partial charge in [0, 0.05) is 6.42 Å². The molecule has 0 unspecified atom stereocenters. The van der Waals surface area contributed by atoms with Crippen LogP contribution < -0.4 is 10.2 Å². The number of ether oxygens (including phenoxy) is 1. The third kappa shape index (κ3) is 4.86. The van der Waals surface area contributed by atoms with Crippen LogP contribution in [0.3, 0.4) is 0 Å². The number of carbonyl (C=O) groups is 1. The predicted molar refractivity (Wildman–Crippen MR) is 80.6 cm³/mol. The molecule has 2 aromatic carbocycles. The molecule has 116 valence electrons. The van der Waals surface area contributed by atoms with Crippen molar-refractivity contribution in [1.29, 1.82) is 0 Å². The van der Waals surface area contributed by atoms with E-state index >= 15 is 0 Å². The van der Waals surface area contributed by atoms with Gasteiger partial charge in [-0.15, -0.1) is 0 Å². The summed E-state index contributed by atoms with van der Waals surface area (Å²) in [6.07, 6.45) is 0.655. The molecule has 0 saturated heterocycles. The fourth-order valence-electron chi connectivity index (χ4n) is 1.95. The number of hydroxylamine groups is 1. The first-order chi connectivity index (χ1) is 10.7. The van der Waals surface area contributed by atoms with Crippen LogP contribution in [0.1, 0.15) is 17.5 Å². The van der Waals surface area contributed by atoms with Crippen LogP contribution in [0.2, 0.25) is 0 Å². The van der Waals surface area contributed by atoms with E-state index in [4.69, 9.17) is 9.57 Å². The van der Waals surface area contributed by atoms with Crippen LogP contribution in [0.15, 0.2) is 48.5 Å². The first-order valence-corrected chi connectivity index (χ1v) is 6.96. The molecule has 1 amide bonds. The van der Waals surface area contributed by atoms with Crippen LogP contribution in [0.25, 0.3) is 0 Å². The molecule has 0 bridgehead atoms. The quantitative estimate of drug-likeness (QED) is 0.800. The molecule has 0 fully saturated rings. The molecule has 2 aromatic rings. The second-order valence-electron chi connectivity index (χ2n) is 4.77. The van der Waals surface area contributed by atoms with Gasteiger partial charge in [-0.25, -0.2) is 9.87 Å². The molecule has 0 heterocycles. The normalized spacial score (nSPS) is 10.3. The van der Waals surface area contributed by atoms with E-state index in [0.717, 1.165) is 11.1 Å². The number of hydrogen-bond donors (Lipinski definition) is 1. The van der Waals surface area contributed by atoms with Gasteiger partial charge >= 0.3 is 0 Å². The maximum absolute atomic E-state index is 13.5. The maximum atomic E-state index is 13.5. The van der Waals surface area contributed by atoms with E-state index in [-0.39, 0.29) is 18.1 Å². The molecule has 0 aromatic heterocycles. The maximum Gasteiger partial charge on any atom is 0.243 e. The van der Waals surface area contributed by atoms with Crippen LogP contribution in [0.4, 0.5) is 4.39 Å². The standard InChI is InChI=1S/C17H18FNO3/c1-21-16-9-7-13(11-15(16)18)8-10-17(20)19-22-12-14-5-3-2-4-6-14/h2-7,9,11H,8,10,12H2,1H3,(H,19,20). The highest BCUT2D eigenvalue weighted by Gasteiger charge is 2.06. The Labute approximate surface area is 128 Å². The number of nitrogens with one attached hydrogen (secondary N) is 1. The van der Waals surface area contributed by atoms with E-state index in [1.54, 1.807) is 12.1 Å². The largest absolute Gasteiger partial charge is 0.494 e. The Balaban J connectivity index is 1.72. The van der Waals surface area contributed by atoms with Gasteiger partial charge in [0.2, 0.25) is 5.91 Å². The van der Waals surface area contributed by atoms with Gasteiger partial charge in [-0.2, -0.15) is 0 Å². The summed E-state index contributed by atoms with van der Waals surface area (Å²) in [6, 6.07) is 14.2. The van der Waals surface area contributed by atoms with Crippen LogP contribution in [-0.2, 0) is 22.7 Å². The van der Waals surface area contributed by atoms with E-state index in [1.165, 1.54) is 13.2 Å². The average molecular weight is 303 g/mol. The number of aryl methyl sites for hydroxylation is 1. The minimum Gasteiger partial charge on any atom is -0.494 e. The van der Waals surface area contributed by atoms with Crippen molar-refractivity contribution in [1.82, 2.24) is 5.48 Å². The minimum absolute atomic E-state index is 0.194. The average Bonchev–Trinajstić information content (AvgIpc) is 2.54. The highest BCUT2D eigenvalue weighted by atomic mass is 19.1. The summed E-state index contributed by atoms with van der Waals surface area (Å²) in [5, 5.41) is 0. The minimum atomic E-state index is -0.430. The van der Waals surface area contributed by atoms with Gasteiger partial charge in [-0.3, -0.25) is 9.63 Å². The molecule has 0 aliphatic rings. The van der Waals surface area contributed by atoms with Gasteiger partial charge in [0.1, 0.15) is 0 Å². The zero-order valence-electron chi connectivity index (χ0n) is 12.3. The van der Waals surface area contributed by atoms with Crippen molar-refractivity contribution in [2.75, 3.05) is 7.11 Å². The van der Waals surface area contributed by atoms with Crippen LogP contribution in [-0.4, -0.2) is 13.0 Å². The van der Waals surface area contributed by atoms with Crippen molar-refractivity contribution in [3.05, 3.63) is 65.5 Å². The van der Waals surface area contributed by atoms with Gasteiger partial charge in [-0.05, 0) is 29.7 Å². The SMILES string of the molecule is COc1ccc(CCC(=O)NOCc2ccccc2)cc1F. The summed E-state index contributed by atoms with van der Waals surface area (Å²) in [5.74, 6) is -0.479. The molecular formula is C17H18FNO3. The monoisotopic (exact) mass is 303 g/mol. The first kappa shape index (κ1) is 16.0. The van der Waals surface area contributed by atoms with Crippen molar-refractivity contribution < 1.29 is 18.8 Å². The van der Waals surface area contributed by atoms with Crippen LogP contribution in [0, 0.1) is 5.82 Å². The molecule has 0 radical (unpaired) electrons. The number of hydrogen-bond acceptors (Lipinski definition) is 3. The van der Waals surface area contributed by atoms with E-state index < -0.39 is 5.82 Å². The lowest BCUT2D eigenvalue weighted by atomic mass is 10.1. The number of rotatable bonds is 7. The first-order valence-electron chi connectivity index (χ1n) is 6.96. The Bertz CT molecular complexity index is 617. The van der Waals surface area contributed by atoms with Crippen molar-refractivity contribution >= 4 is 5.91 Å². The molecule has 0 atom stereocenters. The lowest BCUT2D eigenvalue weighted by Crippen LogP contribution is -2.23. The number of halogens is 1. The zero-order chi connectivity index (χ0) is 15.8. The molecule has 1 N–H and O–H groups in total. The predicted octanol–water partition coefficient (Wildman–Crippen LogP) is 3.01. The van der Waals surface area contributed by atoms with Crippen molar-refractivity contribution in [2.24, 2.45) is 0 Å². The Hall–Kier alpha value is -2.40. The van der Waals surface area contributed by atoms with Crippen molar-refractivity contribution in [3.63, 3.8) is 0 Å². The van der Waals surface area contributed by atoms with Crippen LogP contribution >= 0.6 is 0 Å². The third-order valence-corrected chi connectivity index (χ3v) is 3.12. The van der Waals surface area contributed by atoms with E-state index in [0.29, 0.717) is 13.0 Å². The molecule has 5 heteroatoms. The van der Waals surface area contributed by atoms with Crippen LogP contribution in [0.5, 0.6) is 5.75 Å². The van der Waals surface area contributed by atoms with Gasteiger partial charge in [0.15, 0.2) is 11.6 Å². The second-order valence-corrected chi connectivity index (χ2v) is 4.77. The van der Waals surface area contributed by atoms with Crippen molar-refractivity contribution in [3.8, 4) is 5.75 Å². The zero-order valence-corrected chi connectivity index (χ0v) is 12.3. The Morgan fingerprint density at radius 1 is 1.14 bits per heavy atom. The molecule has 0 saturated carbocycles. The summed E-state index contributed by atoms with van der Waals surface area (Å²) in [6.45, 7) is 0.309. The molecule has 2 rings (SSSR count). The molecule has 0 spiro atoms. The summed E-state index contributed by atoms with van der Waals surface area (Å²) in [7, 11) is 1.41. The Kier molecular flexibility index (Phi) is 5.91. The van der Waals surface area contributed by atoms with Gasteiger partial charge in [0.05, 0.1) is 13.7 Å². The highest BCUT2D eigenvalue weighted by molar-refractivity contribution is 5.75. The number of amides is 1. The summed E-state index contributed by atoms with van der Waals surface area (Å²) in [4.78, 5) is 16.8. The highest BCUT2D eigenvalue weighted by Crippen LogP contribution is 2.18. The number of carbonyl (C=O) groups excluding carboxylic acids is 1. The summed E-state index contributed by atoms with van der Waals surface area (Å²) in [5.41, 5.74) is 4.09. The summed E-state index contributed by atoms with van der Waals surface area (Å²) < 4.78 is 18.4. The van der Waals surface area contributed by atoms with Gasteiger partial charge in [0.25, 0.3) is 0 Å². The molecular weight excluding hydrogens is 285 g/mol. The molecule has 0 aliphatic heterocycles. The van der Waals surface area contributed by atoms with E-state index in [9.17, 15) is 9.18 Å². The van der Waals surface area contributed by atoms with Crippen molar-refractivity contribution in [2.45, 2.75) is 19.4 Å². The summed E-state index contributed by atoms with van der Waals surface area (Å²) >= 11 is 0. The third-order valence-electron chi connectivity index (χ3n) is 3.12. The number of methoxy groups -OCH3 is 1. The molecule has 0 aliphatic carbocycles. The van der Waals surface area contributed by atoms with Gasteiger partial charge in [-0.1, -0.05) is 36.4 Å². The fourth-order valence-corrected chi connectivity index (χ4v) is 1.95. The Morgan fingerprint density at radius 2 is 1.91 bits per heavy atom. The fraction of sp³-hybridized carbons (Fsp3) is 0.235. The van der Waals surface area contributed by atoms with E-state index in [2.05, 4.69) is 5.48 Å². The lowest BCUT2D eigenvalue weighted by molar-refractivity contribution is -0.134. The lowest BCUT2D eigenvalue weighted by Gasteiger charge is -2.07. The van der Waals surface area contributed by atoms with Gasteiger partial charge < -0.3 is 4.74 Å². The topological polar surface area (TPSA) is 47.6 Å². The molecule has 4 nitrogen and oxygen atoms in total.